The van der Waals surface area contributed by atoms with Crippen molar-refractivity contribution >= 4 is 11.9 Å². The maximum Gasteiger partial charge on any atom is 0.373 e. The van der Waals surface area contributed by atoms with E-state index in [0.717, 1.165) is 13.2 Å². The normalized spacial score (nSPS) is 27.9. The fraction of sp³-hybridized carbons (Fsp3) is 0.667. The second-order valence-corrected chi connectivity index (χ2v) is 4.62. The van der Waals surface area contributed by atoms with Gasteiger partial charge in [0, 0.05) is 13.5 Å². The predicted octanol–water partition coefficient (Wildman–Crippen LogP) is -3.01. The van der Waals surface area contributed by atoms with E-state index in [4.69, 9.17) is 10.5 Å². The first kappa shape index (κ1) is 17.4. The summed E-state index contributed by atoms with van der Waals surface area (Å²) in [5, 5.41) is 32.0. The number of esters is 1. The summed E-state index contributed by atoms with van der Waals surface area (Å²) < 4.78 is 9.72. The van der Waals surface area contributed by atoms with Crippen LogP contribution < -0.4 is 11.1 Å². The molecule has 0 bridgehead atoms. The van der Waals surface area contributed by atoms with Crippen LogP contribution in [0.25, 0.3) is 0 Å². The highest BCUT2D eigenvalue weighted by molar-refractivity contribution is 5.86. The molecule has 0 unspecified atom stereocenters. The second kappa shape index (κ2) is 7.36. The highest BCUT2D eigenvalue weighted by Crippen LogP contribution is 2.23. The SMILES string of the molecule is COC(=O)C1=C[C@H](O)[C@@H](NC(C)=O)[C@H]([C@@H](O)[C@H](O)CN)O1. The van der Waals surface area contributed by atoms with Gasteiger partial charge in [-0.05, 0) is 6.08 Å². The minimum absolute atomic E-state index is 0.263. The van der Waals surface area contributed by atoms with Gasteiger partial charge in [-0.1, -0.05) is 0 Å². The zero-order valence-corrected chi connectivity index (χ0v) is 11.7. The molecule has 0 saturated heterocycles. The monoisotopic (exact) mass is 304 g/mol. The van der Waals surface area contributed by atoms with E-state index in [9.17, 15) is 24.9 Å². The van der Waals surface area contributed by atoms with Gasteiger partial charge in [0.15, 0.2) is 6.10 Å². The number of rotatable bonds is 5. The van der Waals surface area contributed by atoms with Gasteiger partial charge in [-0.15, -0.1) is 0 Å². The average Bonchev–Trinajstić information content (AvgIpc) is 2.46. The van der Waals surface area contributed by atoms with Crippen LogP contribution in [0, 0.1) is 0 Å². The van der Waals surface area contributed by atoms with E-state index < -0.39 is 42.3 Å². The summed E-state index contributed by atoms with van der Waals surface area (Å²) in [6, 6.07) is -1.05. The van der Waals surface area contributed by atoms with Crippen molar-refractivity contribution in [1.82, 2.24) is 5.32 Å². The zero-order valence-electron chi connectivity index (χ0n) is 11.7. The Balaban J connectivity index is 3.05. The largest absolute Gasteiger partial charge is 0.478 e. The van der Waals surface area contributed by atoms with Crippen LogP contribution in [0.1, 0.15) is 6.92 Å². The van der Waals surface area contributed by atoms with Crippen LogP contribution in [-0.4, -0.2) is 71.3 Å². The van der Waals surface area contributed by atoms with Gasteiger partial charge in [0.25, 0.3) is 0 Å². The van der Waals surface area contributed by atoms with E-state index in [0.29, 0.717) is 0 Å². The van der Waals surface area contributed by atoms with Gasteiger partial charge >= 0.3 is 5.97 Å². The zero-order chi connectivity index (χ0) is 16.2. The smallest absolute Gasteiger partial charge is 0.373 e. The molecule has 0 aromatic heterocycles. The Kier molecular flexibility index (Phi) is 6.09. The van der Waals surface area contributed by atoms with E-state index in [1.807, 2.05) is 0 Å². The van der Waals surface area contributed by atoms with Gasteiger partial charge in [0.05, 0.1) is 19.3 Å². The van der Waals surface area contributed by atoms with Crippen molar-refractivity contribution < 1.29 is 34.4 Å². The number of methoxy groups -OCH3 is 1. The van der Waals surface area contributed by atoms with Crippen molar-refractivity contribution in [3.05, 3.63) is 11.8 Å². The van der Waals surface area contributed by atoms with Crippen molar-refractivity contribution in [3.8, 4) is 0 Å². The third kappa shape index (κ3) is 4.14. The molecule has 0 fully saturated rings. The summed E-state index contributed by atoms with van der Waals surface area (Å²) in [6.45, 7) is 0.955. The maximum absolute atomic E-state index is 11.5. The number of hydrogen-bond acceptors (Lipinski definition) is 8. The Bertz CT molecular complexity index is 426. The van der Waals surface area contributed by atoms with Crippen LogP contribution >= 0.6 is 0 Å². The van der Waals surface area contributed by atoms with Gasteiger partial charge in [-0.25, -0.2) is 4.79 Å². The summed E-state index contributed by atoms with van der Waals surface area (Å²) in [7, 11) is 1.12. The van der Waals surface area contributed by atoms with Crippen molar-refractivity contribution in [2.45, 2.75) is 37.4 Å². The molecule has 0 radical (unpaired) electrons. The Morgan fingerprint density at radius 1 is 1.52 bits per heavy atom. The molecule has 0 aliphatic carbocycles. The minimum atomic E-state index is -1.52. The van der Waals surface area contributed by atoms with Crippen molar-refractivity contribution in [3.63, 3.8) is 0 Å². The van der Waals surface area contributed by atoms with Crippen LogP contribution in [0.4, 0.5) is 0 Å². The number of ether oxygens (including phenoxy) is 2. The topological polar surface area (TPSA) is 151 Å². The minimum Gasteiger partial charge on any atom is -0.478 e. The Labute approximate surface area is 121 Å². The molecule has 6 N–H and O–H groups in total. The van der Waals surface area contributed by atoms with Crippen molar-refractivity contribution in [2.75, 3.05) is 13.7 Å². The number of carbonyl (C=O) groups excluding carboxylic acids is 2. The molecular formula is C12H20N2O7. The molecule has 5 atom stereocenters. The highest BCUT2D eigenvalue weighted by atomic mass is 16.6. The van der Waals surface area contributed by atoms with Gasteiger partial charge in [-0.2, -0.15) is 0 Å². The molecule has 1 aliphatic heterocycles. The van der Waals surface area contributed by atoms with Crippen LogP contribution in [0.5, 0.6) is 0 Å². The Hall–Kier alpha value is -1.68. The van der Waals surface area contributed by atoms with E-state index >= 15 is 0 Å². The first-order valence-corrected chi connectivity index (χ1v) is 6.30. The average molecular weight is 304 g/mol. The van der Waals surface area contributed by atoms with Gasteiger partial charge in [-0.3, -0.25) is 4.79 Å². The summed E-state index contributed by atoms with van der Waals surface area (Å²) >= 11 is 0. The maximum atomic E-state index is 11.5. The second-order valence-electron chi connectivity index (χ2n) is 4.62. The molecule has 0 aromatic carbocycles. The van der Waals surface area contributed by atoms with Gasteiger partial charge in [0.1, 0.15) is 12.2 Å². The molecule has 0 aromatic rings. The van der Waals surface area contributed by atoms with Crippen LogP contribution in [0.2, 0.25) is 0 Å². The van der Waals surface area contributed by atoms with E-state index in [1.54, 1.807) is 0 Å². The van der Waals surface area contributed by atoms with Crippen LogP contribution in [0.3, 0.4) is 0 Å². The summed E-state index contributed by atoms with van der Waals surface area (Å²) in [4.78, 5) is 22.6. The first-order chi connectivity index (χ1) is 9.81. The lowest BCUT2D eigenvalue weighted by molar-refractivity contribution is -0.150. The fourth-order valence-corrected chi connectivity index (χ4v) is 1.97. The van der Waals surface area contributed by atoms with Crippen LogP contribution in [-0.2, 0) is 19.1 Å². The van der Waals surface area contributed by atoms with Crippen molar-refractivity contribution in [2.24, 2.45) is 5.73 Å². The number of hydrogen-bond donors (Lipinski definition) is 5. The molecule has 9 heteroatoms. The summed E-state index contributed by atoms with van der Waals surface area (Å²) in [5.74, 6) is -1.65. The number of aliphatic hydroxyl groups is 3. The molecule has 9 nitrogen and oxygen atoms in total. The van der Waals surface area contributed by atoms with Gasteiger partial charge in [0.2, 0.25) is 11.7 Å². The molecule has 0 spiro atoms. The Morgan fingerprint density at radius 2 is 2.14 bits per heavy atom. The van der Waals surface area contributed by atoms with E-state index in [-0.39, 0.29) is 12.3 Å². The molecule has 21 heavy (non-hydrogen) atoms. The third-order valence-electron chi connectivity index (χ3n) is 3.04. The summed E-state index contributed by atoms with van der Waals surface area (Å²) in [6.07, 6.45) is -4.38. The number of nitrogens with two attached hydrogens (primary N) is 1. The van der Waals surface area contributed by atoms with Crippen LogP contribution in [0.15, 0.2) is 11.8 Å². The standard InChI is InChI=1S/C12H20N2O7/c1-5(15)14-9-6(16)3-8(12(19)20-2)21-11(9)10(18)7(17)4-13/h3,6-7,9-11,16-18H,4,13H2,1-2H3,(H,14,15)/t6-,7+,9+,10-,11+/m0/s1. The number of amides is 1. The number of aliphatic hydroxyl groups excluding tert-OH is 3. The molecule has 120 valence electrons. The molecule has 1 amide bonds. The summed E-state index contributed by atoms with van der Waals surface area (Å²) in [5.41, 5.74) is 5.26. The molecular weight excluding hydrogens is 284 g/mol. The molecule has 1 heterocycles. The van der Waals surface area contributed by atoms with E-state index in [2.05, 4.69) is 10.1 Å². The lowest BCUT2D eigenvalue weighted by atomic mass is 9.93. The lowest BCUT2D eigenvalue weighted by Gasteiger charge is -2.38. The Morgan fingerprint density at radius 3 is 2.62 bits per heavy atom. The number of carbonyl (C=O) groups is 2. The predicted molar refractivity (Wildman–Crippen MR) is 69.7 cm³/mol. The highest BCUT2D eigenvalue weighted by Gasteiger charge is 2.42. The molecule has 0 saturated carbocycles. The first-order valence-electron chi connectivity index (χ1n) is 6.30. The third-order valence-corrected chi connectivity index (χ3v) is 3.04. The van der Waals surface area contributed by atoms with Gasteiger partial charge < -0.3 is 35.8 Å². The lowest BCUT2D eigenvalue weighted by Crippen LogP contribution is -2.60. The molecule has 1 rings (SSSR count). The van der Waals surface area contributed by atoms with E-state index in [1.165, 1.54) is 6.92 Å². The fourth-order valence-electron chi connectivity index (χ4n) is 1.97. The quantitative estimate of drug-likeness (QED) is 0.337. The van der Waals surface area contributed by atoms with Crippen molar-refractivity contribution in [1.29, 1.82) is 0 Å². The molecule has 1 aliphatic rings. The number of nitrogens with one attached hydrogen (secondary N) is 1.